The number of hydrogen-bond acceptors (Lipinski definition) is 3. The smallest absolute Gasteiger partial charge is 0.141 e. The summed E-state index contributed by atoms with van der Waals surface area (Å²) in [5, 5.41) is 4.02. The molecule has 0 aliphatic heterocycles. The Morgan fingerprint density at radius 1 is 1.12 bits per heavy atom. The summed E-state index contributed by atoms with van der Waals surface area (Å²) in [6.45, 7) is 0. The summed E-state index contributed by atoms with van der Waals surface area (Å²) < 4.78 is 0. The highest BCUT2D eigenvalue weighted by atomic mass is 35.5. The zero-order chi connectivity index (χ0) is 10.7. The first-order chi connectivity index (χ1) is 7.83. The van der Waals surface area contributed by atoms with E-state index >= 15 is 0 Å². The van der Waals surface area contributed by atoms with Gasteiger partial charge in [0.1, 0.15) is 15.8 Å². The molecule has 16 heavy (non-hydrogen) atoms. The number of rotatable bonds is 2. The first-order valence-corrected chi connectivity index (χ1v) is 7.03. The summed E-state index contributed by atoms with van der Waals surface area (Å²) >= 11 is 8.03. The maximum absolute atomic E-state index is 6.31. The molecule has 0 radical (unpaired) electrons. The minimum absolute atomic E-state index is 0.577. The van der Waals surface area contributed by atoms with E-state index in [0.29, 0.717) is 11.1 Å². The molecule has 2 aromatic heterocycles. The maximum Gasteiger partial charge on any atom is 0.141 e. The normalized spacial score (nSPS) is 20.6. The summed E-state index contributed by atoms with van der Waals surface area (Å²) in [4.78, 5) is 10.2. The molecule has 2 nitrogen and oxygen atoms in total. The third kappa shape index (κ3) is 1.38. The van der Waals surface area contributed by atoms with Gasteiger partial charge in [0, 0.05) is 5.92 Å². The molecule has 2 aromatic rings. The number of fused-ring (bicyclic) bond motifs is 1. The predicted molar refractivity (Wildman–Crippen MR) is 66.4 cm³/mol. The van der Waals surface area contributed by atoms with Gasteiger partial charge in [-0.05, 0) is 42.5 Å². The fraction of sp³-hybridized carbons (Fsp3) is 0.500. The highest BCUT2D eigenvalue weighted by Crippen LogP contribution is 2.47. The van der Waals surface area contributed by atoms with E-state index in [9.17, 15) is 0 Å². The average Bonchev–Trinajstić information content (AvgIpc) is 3.15. The van der Waals surface area contributed by atoms with Crippen LogP contribution in [0, 0.1) is 0 Å². The molecule has 0 N–H and O–H groups in total. The largest absolute Gasteiger partial charge is 0.222 e. The van der Waals surface area contributed by atoms with Crippen molar-refractivity contribution in [3.05, 3.63) is 21.9 Å². The van der Waals surface area contributed by atoms with E-state index in [-0.39, 0.29) is 0 Å². The molecule has 2 fully saturated rings. The molecule has 0 unspecified atom stereocenters. The number of aromatic nitrogens is 2. The van der Waals surface area contributed by atoms with Gasteiger partial charge in [0.25, 0.3) is 0 Å². The van der Waals surface area contributed by atoms with Crippen molar-refractivity contribution in [2.45, 2.75) is 37.5 Å². The van der Waals surface area contributed by atoms with Crippen LogP contribution in [0.4, 0.5) is 0 Å². The van der Waals surface area contributed by atoms with Gasteiger partial charge in [-0.1, -0.05) is 11.6 Å². The van der Waals surface area contributed by atoms with Crippen LogP contribution in [0.2, 0.25) is 5.15 Å². The van der Waals surface area contributed by atoms with E-state index in [0.717, 1.165) is 22.0 Å². The predicted octanol–water partition coefficient (Wildman–Crippen LogP) is 4.10. The van der Waals surface area contributed by atoms with Gasteiger partial charge in [-0.25, -0.2) is 9.97 Å². The first kappa shape index (κ1) is 9.37. The SMILES string of the molecule is Clc1nc(C2CC2)nc2scc(C3CC3)c12. The molecule has 4 rings (SSSR count). The summed E-state index contributed by atoms with van der Waals surface area (Å²) in [6, 6.07) is 0. The lowest BCUT2D eigenvalue weighted by atomic mass is 10.1. The molecule has 0 aromatic carbocycles. The molecule has 0 saturated heterocycles. The van der Waals surface area contributed by atoms with Gasteiger partial charge in [-0.3, -0.25) is 0 Å². The Balaban J connectivity index is 1.94. The van der Waals surface area contributed by atoms with Gasteiger partial charge in [0.15, 0.2) is 0 Å². The summed E-state index contributed by atoms with van der Waals surface area (Å²) in [5.41, 5.74) is 1.38. The van der Waals surface area contributed by atoms with Gasteiger partial charge in [0.05, 0.1) is 5.39 Å². The second kappa shape index (κ2) is 3.17. The summed E-state index contributed by atoms with van der Waals surface area (Å²) in [7, 11) is 0. The molecule has 0 spiro atoms. The third-order valence-electron chi connectivity index (χ3n) is 3.39. The van der Waals surface area contributed by atoms with Crippen molar-refractivity contribution in [1.82, 2.24) is 9.97 Å². The quantitative estimate of drug-likeness (QED) is 0.750. The van der Waals surface area contributed by atoms with Crippen molar-refractivity contribution in [3.63, 3.8) is 0 Å². The molecule has 82 valence electrons. The Labute approximate surface area is 103 Å². The Morgan fingerprint density at radius 3 is 2.56 bits per heavy atom. The van der Waals surface area contributed by atoms with E-state index in [4.69, 9.17) is 11.6 Å². The molecule has 2 aliphatic rings. The van der Waals surface area contributed by atoms with Crippen LogP contribution in [0.15, 0.2) is 5.38 Å². The average molecular weight is 251 g/mol. The number of halogens is 1. The Morgan fingerprint density at radius 2 is 1.88 bits per heavy atom. The molecular formula is C12H11ClN2S. The lowest BCUT2D eigenvalue weighted by Crippen LogP contribution is -1.93. The van der Waals surface area contributed by atoms with Crippen molar-refractivity contribution in [2.75, 3.05) is 0 Å². The Hall–Kier alpha value is -0.670. The minimum atomic E-state index is 0.577. The lowest BCUT2D eigenvalue weighted by Gasteiger charge is -2.01. The first-order valence-electron chi connectivity index (χ1n) is 5.77. The van der Waals surface area contributed by atoms with E-state index in [1.807, 2.05) is 0 Å². The van der Waals surface area contributed by atoms with Gasteiger partial charge in [0.2, 0.25) is 0 Å². The number of hydrogen-bond donors (Lipinski definition) is 0. The van der Waals surface area contributed by atoms with Gasteiger partial charge >= 0.3 is 0 Å². The zero-order valence-corrected chi connectivity index (χ0v) is 10.3. The molecule has 2 aliphatic carbocycles. The monoisotopic (exact) mass is 250 g/mol. The van der Waals surface area contributed by atoms with Crippen molar-refractivity contribution < 1.29 is 0 Å². The summed E-state index contributed by atoms with van der Waals surface area (Å²) in [6.07, 6.45) is 5.05. The van der Waals surface area contributed by atoms with Crippen LogP contribution < -0.4 is 0 Å². The van der Waals surface area contributed by atoms with E-state index in [1.54, 1.807) is 11.3 Å². The molecular weight excluding hydrogens is 240 g/mol. The second-order valence-corrected chi connectivity index (χ2v) is 6.01. The molecule has 2 heterocycles. The van der Waals surface area contributed by atoms with Crippen molar-refractivity contribution in [1.29, 1.82) is 0 Å². The van der Waals surface area contributed by atoms with Crippen LogP contribution in [-0.4, -0.2) is 9.97 Å². The standard InChI is InChI=1S/C12H11ClN2S/c13-10-9-8(6-1-2-6)5-16-12(9)15-11(14-10)7-3-4-7/h5-7H,1-4H2. The van der Waals surface area contributed by atoms with Crippen LogP contribution >= 0.6 is 22.9 Å². The van der Waals surface area contributed by atoms with Crippen molar-refractivity contribution >= 4 is 33.2 Å². The second-order valence-electron chi connectivity index (χ2n) is 4.79. The fourth-order valence-corrected chi connectivity index (χ4v) is 3.52. The third-order valence-corrected chi connectivity index (χ3v) is 4.56. The summed E-state index contributed by atoms with van der Waals surface area (Å²) in [5.74, 6) is 2.26. The number of thiophene rings is 1. The van der Waals surface area contributed by atoms with Gasteiger partial charge in [-0.15, -0.1) is 11.3 Å². The van der Waals surface area contributed by atoms with E-state index in [1.165, 1.54) is 31.2 Å². The molecule has 4 heteroatoms. The van der Waals surface area contributed by atoms with E-state index < -0.39 is 0 Å². The highest BCUT2D eigenvalue weighted by molar-refractivity contribution is 7.17. The molecule has 2 saturated carbocycles. The Bertz CT molecular complexity index is 570. The van der Waals surface area contributed by atoms with E-state index in [2.05, 4.69) is 15.3 Å². The van der Waals surface area contributed by atoms with Gasteiger partial charge in [-0.2, -0.15) is 0 Å². The van der Waals surface area contributed by atoms with Crippen LogP contribution in [0.1, 0.15) is 48.9 Å². The maximum atomic E-state index is 6.31. The Kier molecular flexibility index (Phi) is 1.86. The topological polar surface area (TPSA) is 25.8 Å². The zero-order valence-electron chi connectivity index (χ0n) is 8.74. The highest BCUT2D eigenvalue weighted by Gasteiger charge is 2.31. The molecule has 0 atom stereocenters. The minimum Gasteiger partial charge on any atom is -0.222 e. The number of nitrogens with zero attached hydrogens (tertiary/aromatic N) is 2. The fourth-order valence-electron chi connectivity index (χ4n) is 2.15. The van der Waals surface area contributed by atoms with Crippen molar-refractivity contribution in [3.8, 4) is 0 Å². The van der Waals surface area contributed by atoms with Gasteiger partial charge < -0.3 is 0 Å². The van der Waals surface area contributed by atoms with Crippen LogP contribution in [0.25, 0.3) is 10.2 Å². The van der Waals surface area contributed by atoms with Crippen LogP contribution in [0.3, 0.4) is 0 Å². The van der Waals surface area contributed by atoms with Crippen LogP contribution in [0.5, 0.6) is 0 Å². The molecule has 0 amide bonds. The van der Waals surface area contributed by atoms with Crippen molar-refractivity contribution in [2.24, 2.45) is 0 Å². The lowest BCUT2D eigenvalue weighted by molar-refractivity contribution is 0.950. The van der Waals surface area contributed by atoms with Crippen LogP contribution in [-0.2, 0) is 0 Å². The molecule has 0 bridgehead atoms.